The Kier molecular flexibility index (Phi) is 6.94. The van der Waals surface area contributed by atoms with E-state index in [1.54, 1.807) is 0 Å². The molecule has 5 nitrogen and oxygen atoms in total. The van der Waals surface area contributed by atoms with Gasteiger partial charge in [-0.1, -0.05) is 72.3 Å². The van der Waals surface area contributed by atoms with Crippen molar-refractivity contribution in [2.75, 3.05) is 13.1 Å². The molecule has 3 aromatic carbocycles. The monoisotopic (exact) mass is 468 g/mol. The molecule has 1 aliphatic rings. The summed E-state index contributed by atoms with van der Waals surface area (Å²) in [5.74, 6) is -0.404. The van der Waals surface area contributed by atoms with Gasteiger partial charge in [-0.15, -0.1) is 0 Å². The van der Waals surface area contributed by atoms with E-state index < -0.39 is 15.9 Å². The van der Waals surface area contributed by atoms with Crippen LogP contribution in [0.3, 0.4) is 0 Å². The third-order valence-corrected chi connectivity index (χ3v) is 7.90. The number of amides is 1. The lowest BCUT2D eigenvalue weighted by Gasteiger charge is -2.21. The first-order valence-electron chi connectivity index (χ1n) is 10.6. The van der Waals surface area contributed by atoms with Crippen molar-refractivity contribution in [3.05, 3.63) is 101 Å². The summed E-state index contributed by atoms with van der Waals surface area (Å²) in [6.45, 7) is 0.999. The Morgan fingerprint density at radius 2 is 1.56 bits per heavy atom. The number of carbonyl (C=O) groups excluding carboxylic acids is 1. The Labute approximate surface area is 194 Å². The van der Waals surface area contributed by atoms with Crippen molar-refractivity contribution < 1.29 is 13.2 Å². The lowest BCUT2D eigenvalue weighted by molar-refractivity contribution is 0.0936. The average Bonchev–Trinajstić information content (AvgIpc) is 3.36. The zero-order chi connectivity index (χ0) is 22.6. The van der Waals surface area contributed by atoms with Crippen LogP contribution in [0.4, 0.5) is 0 Å². The van der Waals surface area contributed by atoms with E-state index in [4.69, 9.17) is 11.6 Å². The highest BCUT2D eigenvalue weighted by atomic mass is 35.5. The molecular formula is C25H25ClN2O3S. The van der Waals surface area contributed by atoms with E-state index in [1.807, 2.05) is 60.7 Å². The van der Waals surface area contributed by atoms with Crippen LogP contribution in [0.5, 0.6) is 0 Å². The summed E-state index contributed by atoms with van der Waals surface area (Å²) < 4.78 is 27.4. The summed E-state index contributed by atoms with van der Waals surface area (Å²) >= 11 is 6.32. The van der Waals surface area contributed by atoms with Crippen LogP contribution in [-0.2, 0) is 16.4 Å². The number of hydrogen-bond acceptors (Lipinski definition) is 3. The molecule has 1 heterocycles. The largest absolute Gasteiger partial charge is 0.345 e. The average molecular weight is 469 g/mol. The fourth-order valence-corrected chi connectivity index (χ4v) is 5.69. The Hall–Kier alpha value is -2.67. The predicted molar refractivity (Wildman–Crippen MR) is 126 cm³/mol. The van der Waals surface area contributed by atoms with E-state index >= 15 is 0 Å². The molecule has 1 fully saturated rings. The Morgan fingerprint density at radius 1 is 0.938 bits per heavy atom. The van der Waals surface area contributed by atoms with Gasteiger partial charge in [0.2, 0.25) is 10.0 Å². The number of benzene rings is 3. The summed E-state index contributed by atoms with van der Waals surface area (Å²) in [6, 6.07) is 23.6. The van der Waals surface area contributed by atoms with Crippen molar-refractivity contribution in [1.82, 2.24) is 9.62 Å². The van der Waals surface area contributed by atoms with Gasteiger partial charge in [0.1, 0.15) is 0 Å². The van der Waals surface area contributed by atoms with Gasteiger partial charge in [0.15, 0.2) is 0 Å². The normalized spacial score (nSPS) is 15.4. The van der Waals surface area contributed by atoms with Crippen LogP contribution in [0.2, 0.25) is 5.02 Å². The van der Waals surface area contributed by atoms with E-state index in [9.17, 15) is 13.2 Å². The van der Waals surface area contributed by atoms with Crippen molar-refractivity contribution in [2.24, 2.45) is 0 Å². The molecule has 0 spiro atoms. The third-order valence-electron chi connectivity index (χ3n) is 5.68. The molecule has 0 bridgehead atoms. The predicted octanol–water partition coefficient (Wildman–Crippen LogP) is 4.84. The minimum atomic E-state index is -3.65. The van der Waals surface area contributed by atoms with Crippen LogP contribution in [0.15, 0.2) is 83.8 Å². The topological polar surface area (TPSA) is 66.5 Å². The van der Waals surface area contributed by atoms with Gasteiger partial charge < -0.3 is 5.32 Å². The second kappa shape index (κ2) is 9.86. The maximum absolute atomic E-state index is 13.2. The summed E-state index contributed by atoms with van der Waals surface area (Å²) in [6.07, 6.45) is 2.29. The molecule has 4 rings (SSSR count). The summed E-state index contributed by atoms with van der Waals surface area (Å²) in [5, 5.41) is 3.27. The molecule has 3 aromatic rings. The van der Waals surface area contributed by atoms with Crippen molar-refractivity contribution >= 4 is 27.5 Å². The highest BCUT2D eigenvalue weighted by molar-refractivity contribution is 7.89. The summed E-state index contributed by atoms with van der Waals surface area (Å²) in [7, 11) is -3.65. The first kappa shape index (κ1) is 22.5. The van der Waals surface area contributed by atoms with Gasteiger partial charge in [-0.25, -0.2) is 8.42 Å². The van der Waals surface area contributed by atoms with E-state index in [0.29, 0.717) is 19.5 Å². The third kappa shape index (κ3) is 5.04. The maximum atomic E-state index is 13.2. The molecular weight excluding hydrogens is 444 g/mol. The molecule has 0 saturated carbocycles. The molecule has 0 aromatic heterocycles. The highest BCUT2D eigenvalue weighted by Crippen LogP contribution is 2.26. The molecule has 1 aliphatic heterocycles. The zero-order valence-corrected chi connectivity index (χ0v) is 19.1. The molecule has 1 unspecified atom stereocenters. The molecule has 1 amide bonds. The van der Waals surface area contributed by atoms with Crippen molar-refractivity contribution in [3.8, 4) is 0 Å². The first-order valence-corrected chi connectivity index (χ1v) is 12.5. The molecule has 0 radical (unpaired) electrons. The Morgan fingerprint density at radius 3 is 2.22 bits per heavy atom. The molecule has 0 aliphatic carbocycles. The Bertz CT molecular complexity index is 1180. The van der Waals surface area contributed by atoms with E-state index in [2.05, 4.69) is 5.32 Å². The molecule has 1 saturated heterocycles. The molecule has 166 valence electrons. The summed E-state index contributed by atoms with van der Waals surface area (Å²) in [5.41, 5.74) is 2.20. The number of hydrogen-bond donors (Lipinski definition) is 1. The van der Waals surface area contributed by atoms with Crippen LogP contribution < -0.4 is 5.32 Å². The van der Waals surface area contributed by atoms with Crippen LogP contribution >= 0.6 is 11.6 Å². The second-order valence-corrected chi connectivity index (χ2v) is 10.2. The van der Waals surface area contributed by atoms with Gasteiger partial charge >= 0.3 is 0 Å². The van der Waals surface area contributed by atoms with Crippen LogP contribution in [0.1, 0.15) is 40.4 Å². The lowest BCUT2D eigenvalue weighted by Crippen LogP contribution is -2.31. The van der Waals surface area contributed by atoms with Gasteiger partial charge in [-0.3, -0.25) is 4.79 Å². The molecule has 32 heavy (non-hydrogen) atoms. The van der Waals surface area contributed by atoms with Crippen molar-refractivity contribution in [2.45, 2.75) is 30.2 Å². The Balaban J connectivity index is 1.62. The summed E-state index contributed by atoms with van der Waals surface area (Å²) in [4.78, 5) is 13.3. The lowest BCUT2D eigenvalue weighted by atomic mass is 9.98. The van der Waals surface area contributed by atoms with Gasteiger partial charge in [-0.2, -0.15) is 4.31 Å². The standard InChI is InChI=1S/C25H25ClN2O3S/c26-23-14-13-21(32(30,31)28-15-7-8-16-28)18-22(23)25(29)27-24(20-11-5-2-6-12-20)17-19-9-3-1-4-10-19/h1-6,9-14,18,24H,7-8,15-17H2,(H,27,29). The fourth-order valence-electron chi connectivity index (χ4n) is 3.94. The number of rotatable bonds is 7. The quantitative estimate of drug-likeness (QED) is 0.539. The van der Waals surface area contributed by atoms with Crippen LogP contribution in [-0.4, -0.2) is 31.7 Å². The minimum absolute atomic E-state index is 0.0910. The van der Waals surface area contributed by atoms with Gasteiger partial charge in [0, 0.05) is 13.1 Å². The van der Waals surface area contributed by atoms with Crippen molar-refractivity contribution in [3.63, 3.8) is 0 Å². The number of sulfonamides is 1. The number of carbonyl (C=O) groups is 1. The SMILES string of the molecule is O=C(NC(Cc1ccccc1)c1ccccc1)c1cc(S(=O)(=O)N2CCCC2)ccc1Cl. The van der Waals surface area contributed by atoms with E-state index in [-0.39, 0.29) is 21.5 Å². The smallest absolute Gasteiger partial charge is 0.253 e. The first-order chi connectivity index (χ1) is 15.4. The number of halogens is 1. The van der Waals surface area contributed by atoms with Gasteiger partial charge in [0.05, 0.1) is 21.5 Å². The van der Waals surface area contributed by atoms with Gasteiger partial charge in [-0.05, 0) is 48.6 Å². The van der Waals surface area contributed by atoms with Crippen molar-refractivity contribution in [1.29, 1.82) is 0 Å². The fraction of sp³-hybridized carbons (Fsp3) is 0.240. The second-order valence-electron chi connectivity index (χ2n) is 7.88. The minimum Gasteiger partial charge on any atom is -0.345 e. The molecule has 7 heteroatoms. The molecule has 1 atom stereocenters. The van der Waals surface area contributed by atoms with Crippen LogP contribution in [0, 0.1) is 0 Å². The van der Waals surface area contributed by atoms with Gasteiger partial charge in [0.25, 0.3) is 5.91 Å². The zero-order valence-electron chi connectivity index (χ0n) is 17.6. The van der Waals surface area contributed by atoms with E-state index in [1.165, 1.54) is 22.5 Å². The number of nitrogens with zero attached hydrogens (tertiary/aromatic N) is 1. The molecule has 1 N–H and O–H groups in total. The van der Waals surface area contributed by atoms with Crippen LogP contribution in [0.25, 0.3) is 0 Å². The van der Waals surface area contributed by atoms with E-state index in [0.717, 1.165) is 24.0 Å². The maximum Gasteiger partial charge on any atom is 0.253 e. The number of nitrogens with one attached hydrogen (secondary N) is 1. The highest BCUT2D eigenvalue weighted by Gasteiger charge is 2.28.